The number of rotatable bonds is 6. The molecule has 0 saturated heterocycles. The summed E-state index contributed by atoms with van der Waals surface area (Å²) >= 11 is 0. The Kier molecular flexibility index (Phi) is 4.56. The second-order valence-corrected chi connectivity index (χ2v) is 5.96. The third kappa shape index (κ3) is 4.90. The van der Waals surface area contributed by atoms with Crippen LogP contribution in [0.3, 0.4) is 0 Å². The van der Waals surface area contributed by atoms with E-state index < -0.39 is 9.84 Å². The Bertz CT molecular complexity index is 474. The molecule has 0 bridgehead atoms. The van der Waals surface area contributed by atoms with Gasteiger partial charge in [-0.05, 0) is 18.6 Å². The van der Waals surface area contributed by atoms with E-state index in [1.54, 1.807) is 12.1 Å². The molecule has 0 unspecified atom stereocenters. The molecule has 7 heteroatoms. The van der Waals surface area contributed by atoms with Gasteiger partial charge in [0, 0.05) is 12.8 Å². The number of ether oxygens (including phenoxy) is 1. The normalized spacial score (nSPS) is 11.2. The highest BCUT2D eigenvalue weighted by atomic mass is 32.2. The molecule has 96 valence electrons. The van der Waals surface area contributed by atoms with E-state index in [1.165, 1.54) is 13.4 Å². The molecule has 0 amide bonds. The summed E-state index contributed by atoms with van der Waals surface area (Å²) in [4.78, 5) is 4.12. The quantitative estimate of drug-likeness (QED) is 0.723. The van der Waals surface area contributed by atoms with Crippen LogP contribution in [-0.2, 0) is 9.84 Å². The molecule has 0 radical (unpaired) electrons. The fraction of sp³-hybridized carbons (Fsp3) is 0.500. The van der Waals surface area contributed by atoms with Crippen LogP contribution in [0.25, 0.3) is 0 Å². The predicted octanol–water partition coefficient (Wildman–Crippen LogP) is 0.519. The average Bonchev–Trinajstić information content (AvgIpc) is 2.25. The van der Waals surface area contributed by atoms with Crippen LogP contribution in [0.15, 0.2) is 12.1 Å². The average molecular weight is 259 g/mol. The lowest BCUT2D eigenvalue weighted by molar-refractivity contribution is 0.401. The zero-order valence-electron chi connectivity index (χ0n) is 9.93. The summed E-state index contributed by atoms with van der Waals surface area (Å²) in [6, 6.07) is 3.41. The molecule has 0 atom stereocenters. The highest BCUT2D eigenvalue weighted by Crippen LogP contribution is 2.19. The molecule has 0 aliphatic rings. The minimum absolute atomic E-state index is 0.159. The summed E-state index contributed by atoms with van der Waals surface area (Å²) in [6.45, 7) is 0.535. The Balaban J connectivity index is 2.47. The highest BCUT2D eigenvalue weighted by molar-refractivity contribution is 7.90. The van der Waals surface area contributed by atoms with Crippen LogP contribution < -0.4 is 15.8 Å². The van der Waals surface area contributed by atoms with E-state index in [2.05, 4.69) is 10.3 Å². The molecular formula is C10H17N3O3S. The zero-order chi connectivity index (χ0) is 12.9. The van der Waals surface area contributed by atoms with Gasteiger partial charge < -0.3 is 15.8 Å². The summed E-state index contributed by atoms with van der Waals surface area (Å²) < 4.78 is 26.8. The van der Waals surface area contributed by atoms with Crippen LogP contribution in [0.1, 0.15) is 6.42 Å². The highest BCUT2D eigenvalue weighted by Gasteiger charge is 2.04. The summed E-state index contributed by atoms with van der Waals surface area (Å²) in [5.74, 6) is 1.13. The van der Waals surface area contributed by atoms with Crippen LogP contribution in [0.2, 0.25) is 0 Å². The molecule has 0 spiro atoms. The van der Waals surface area contributed by atoms with Gasteiger partial charge in [-0.25, -0.2) is 8.42 Å². The molecular weight excluding hydrogens is 242 g/mol. The number of aromatic nitrogens is 1. The number of nitrogen functional groups attached to an aromatic ring is 1. The topological polar surface area (TPSA) is 94.3 Å². The van der Waals surface area contributed by atoms with Gasteiger partial charge in [-0.3, -0.25) is 0 Å². The predicted molar refractivity (Wildman–Crippen MR) is 68.0 cm³/mol. The van der Waals surface area contributed by atoms with Crippen molar-refractivity contribution in [2.45, 2.75) is 6.42 Å². The molecule has 6 nitrogen and oxygen atoms in total. The monoisotopic (exact) mass is 259 g/mol. The number of sulfone groups is 1. The molecule has 1 aromatic rings. The molecule has 1 rings (SSSR count). The van der Waals surface area contributed by atoms with Gasteiger partial charge >= 0.3 is 0 Å². The van der Waals surface area contributed by atoms with Crippen LogP contribution in [0.5, 0.6) is 5.88 Å². The maximum absolute atomic E-state index is 10.9. The van der Waals surface area contributed by atoms with Crippen molar-refractivity contribution in [1.82, 2.24) is 4.98 Å². The molecule has 17 heavy (non-hydrogen) atoms. The van der Waals surface area contributed by atoms with E-state index in [-0.39, 0.29) is 5.75 Å². The van der Waals surface area contributed by atoms with E-state index in [9.17, 15) is 8.42 Å². The molecule has 0 aromatic carbocycles. The van der Waals surface area contributed by atoms with Crippen molar-refractivity contribution >= 4 is 21.3 Å². The first kappa shape index (κ1) is 13.6. The van der Waals surface area contributed by atoms with Crippen molar-refractivity contribution in [2.24, 2.45) is 0 Å². The Morgan fingerprint density at radius 2 is 2.18 bits per heavy atom. The molecule has 3 N–H and O–H groups in total. The van der Waals surface area contributed by atoms with E-state index in [1.807, 2.05) is 0 Å². The Labute approximate surface area is 101 Å². The summed E-state index contributed by atoms with van der Waals surface area (Å²) in [6.07, 6.45) is 1.75. The minimum Gasteiger partial charge on any atom is -0.479 e. The summed E-state index contributed by atoms with van der Waals surface area (Å²) in [7, 11) is -1.41. The van der Waals surface area contributed by atoms with Crippen LogP contribution in [0.4, 0.5) is 11.5 Å². The smallest absolute Gasteiger partial charge is 0.238 e. The molecule has 0 saturated carbocycles. The lowest BCUT2D eigenvalue weighted by atomic mass is 10.4. The fourth-order valence-electron chi connectivity index (χ4n) is 1.26. The van der Waals surface area contributed by atoms with Gasteiger partial charge in [0.2, 0.25) is 5.88 Å². The number of hydrogen-bond acceptors (Lipinski definition) is 6. The van der Waals surface area contributed by atoms with Crippen molar-refractivity contribution < 1.29 is 13.2 Å². The number of pyridine rings is 1. The first-order valence-electron chi connectivity index (χ1n) is 5.14. The van der Waals surface area contributed by atoms with Crippen molar-refractivity contribution in [2.75, 3.05) is 36.7 Å². The molecule has 0 fully saturated rings. The number of nitrogens with two attached hydrogens (primary N) is 1. The van der Waals surface area contributed by atoms with Gasteiger partial charge in [-0.2, -0.15) is 4.98 Å². The van der Waals surface area contributed by atoms with Crippen molar-refractivity contribution in [3.63, 3.8) is 0 Å². The largest absolute Gasteiger partial charge is 0.479 e. The van der Waals surface area contributed by atoms with Crippen molar-refractivity contribution in [1.29, 1.82) is 0 Å². The fourth-order valence-corrected chi connectivity index (χ4v) is 1.93. The maximum Gasteiger partial charge on any atom is 0.238 e. The lowest BCUT2D eigenvalue weighted by Crippen LogP contribution is -2.10. The summed E-state index contributed by atoms with van der Waals surface area (Å²) in [5.41, 5.74) is 6.08. The minimum atomic E-state index is -2.90. The van der Waals surface area contributed by atoms with Gasteiger partial charge in [-0.15, -0.1) is 0 Å². The van der Waals surface area contributed by atoms with E-state index in [0.717, 1.165) is 0 Å². The van der Waals surface area contributed by atoms with Crippen LogP contribution in [0, 0.1) is 0 Å². The van der Waals surface area contributed by atoms with Gasteiger partial charge in [0.25, 0.3) is 0 Å². The second-order valence-electron chi connectivity index (χ2n) is 3.71. The number of methoxy groups -OCH3 is 1. The Morgan fingerprint density at radius 3 is 2.76 bits per heavy atom. The molecule has 0 aliphatic carbocycles. The van der Waals surface area contributed by atoms with Crippen LogP contribution in [-0.4, -0.2) is 39.1 Å². The summed E-state index contributed by atoms with van der Waals surface area (Å²) in [5, 5.41) is 3.01. The number of hydrogen-bond donors (Lipinski definition) is 2. The van der Waals surface area contributed by atoms with E-state index >= 15 is 0 Å². The SMILES string of the molecule is COc1nc(NCCCS(C)(=O)=O)ccc1N. The first-order valence-corrected chi connectivity index (χ1v) is 7.20. The number of nitrogens with one attached hydrogen (secondary N) is 1. The van der Waals surface area contributed by atoms with Gasteiger partial charge in [0.15, 0.2) is 0 Å². The van der Waals surface area contributed by atoms with E-state index in [4.69, 9.17) is 10.5 Å². The van der Waals surface area contributed by atoms with Crippen LogP contribution >= 0.6 is 0 Å². The Morgan fingerprint density at radius 1 is 1.47 bits per heavy atom. The third-order valence-corrected chi connectivity index (χ3v) is 3.11. The third-order valence-electron chi connectivity index (χ3n) is 2.08. The maximum atomic E-state index is 10.9. The van der Waals surface area contributed by atoms with Gasteiger partial charge in [0.1, 0.15) is 15.7 Å². The van der Waals surface area contributed by atoms with Gasteiger partial charge in [-0.1, -0.05) is 0 Å². The van der Waals surface area contributed by atoms with E-state index in [0.29, 0.717) is 30.4 Å². The number of anilines is 2. The van der Waals surface area contributed by atoms with Crippen molar-refractivity contribution in [3.8, 4) is 5.88 Å². The molecule has 1 heterocycles. The molecule has 1 aromatic heterocycles. The van der Waals surface area contributed by atoms with Crippen molar-refractivity contribution in [3.05, 3.63) is 12.1 Å². The zero-order valence-corrected chi connectivity index (χ0v) is 10.8. The standard InChI is InChI=1S/C10H17N3O3S/c1-16-10-8(11)4-5-9(13-10)12-6-3-7-17(2,14)15/h4-5H,3,6-7,11H2,1-2H3,(H,12,13). The van der Waals surface area contributed by atoms with Gasteiger partial charge in [0.05, 0.1) is 18.6 Å². The molecule has 0 aliphatic heterocycles. The Hall–Kier alpha value is -1.50. The second kappa shape index (κ2) is 5.72. The first-order chi connectivity index (χ1) is 7.92. The lowest BCUT2D eigenvalue weighted by Gasteiger charge is -2.08. The number of nitrogens with zero attached hydrogens (tertiary/aromatic N) is 1.